The molecule has 0 unspecified atom stereocenters. The summed E-state index contributed by atoms with van der Waals surface area (Å²) in [6, 6.07) is 18.5. The highest BCUT2D eigenvalue weighted by molar-refractivity contribution is 5.91. The Kier molecular flexibility index (Phi) is 9.53. The minimum atomic E-state index is -0.503. The van der Waals surface area contributed by atoms with E-state index in [0.717, 1.165) is 62.0 Å². The van der Waals surface area contributed by atoms with Gasteiger partial charge in [0.15, 0.2) is 0 Å². The van der Waals surface area contributed by atoms with Crippen LogP contribution in [0.15, 0.2) is 54.6 Å². The molecule has 210 valence electrons. The molecule has 1 aliphatic rings. The number of fused-ring (bicyclic) bond motifs is 1. The van der Waals surface area contributed by atoms with Crippen LogP contribution in [0.3, 0.4) is 0 Å². The molecule has 1 aromatic heterocycles. The van der Waals surface area contributed by atoms with Crippen LogP contribution in [-0.2, 0) is 16.9 Å². The third kappa shape index (κ3) is 7.12. The van der Waals surface area contributed by atoms with E-state index in [1.165, 1.54) is 5.56 Å². The molecule has 5 N–H and O–H groups in total. The number of nitrogens with one attached hydrogen (secondary N) is 1. The van der Waals surface area contributed by atoms with Gasteiger partial charge in [0, 0.05) is 30.1 Å². The molecule has 0 saturated heterocycles. The van der Waals surface area contributed by atoms with Gasteiger partial charge in [-0.3, -0.25) is 14.6 Å². The summed E-state index contributed by atoms with van der Waals surface area (Å²) in [5, 5.41) is 4.18. The average molecular weight is 532 g/mol. The predicted molar refractivity (Wildman–Crippen MR) is 159 cm³/mol. The fraction of sp³-hybridized carbons (Fsp3) is 0.516. The highest BCUT2D eigenvalue weighted by atomic mass is 16.1. The first-order valence-electron chi connectivity index (χ1n) is 14.3. The topological polar surface area (TPSA) is 113 Å². The minimum absolute atomic E-state index is 0.0410. The van der Waals surface area contributed by atoms with E-state index in [4.69, 9.17) is 21.4 Å². The lowest BCUT2D eigenvalue weighted by Crippen LogP contribution is -2.48. The maximum absolute atomic E-state index is 12.1. The van der Waals surface area contributed by atoms with Crippen LogP contribution < -0.4 is 16.8 Å². The fourth-order valence-electron chi connectivity index (χ4n) is 5.78. The SMILES string of the molecule is CCN(CCN(C)Cc1nc(N[C@H](C(N)=O)C(C)C)c2ccccc2n1)C1CCC(N)(c2ccccc2)CC1. The molecule has 0 radical (unpaired) electrons. The van der Waals surface area contributed by atoms with E-state index in [9.17, 15) is 4.79 Å². The summed E-state index contributed by atoms with van der Waals surface area (Å²) in [6.45, 7) is 9.72. The second-order valence-electron chi connectivity index (χ2n) is 11.4. The van der Waals surface area contributed by atoms with E-state index in [2.05, 4.69) is 59.4 Å². The molecular weight excluding hydrogens is 486 g/mol. The normalized spacial score (nSPS) is 20.6. The van der Waals surface area contributed by atoms with Gasteiger partial charge in [0.25, 0.3) is 0 Å². The largest absolute Gasteiger partial charge is 0.368 e. The van der Waals surface area contributed by atoms with Crippen molar-refractivity contribution in [2.75, 3.05) is 32.0 Å². The second-order valence-corrected chi connectivity index (χ2v) is 11.4. The number of likely N-dealkylation sites (N-methyl/N-ethyl adjacent to an activating group) is 2. The van der Waals surface area contributed by atoms with Gasteiger partial charge in [0.2, 0.25) is 5.91 Å². The van der Waals surface area contributed by atoms with E-state index in [1.54, 1.807) is 0 Å². The first-order valence-corrected chi connectivity index (χ1v) is 14.3. The Morgan fingerprint density at radius 3 is 2.36 bits per heavy atom. The van der Waals surface area contributed by atoms with E-state index in [0.29, 0.717) is 18.4 Å². The lowest BCUT2D eigenvalue weighted by molar-refractivity contribution is -0.119. The summed E-state index contributed by atoms with van der Waals surface area (Å²) in [7, 11) is 2.11. The molecule has 2 aromatic carbocycles. The standard InChI is InChI=1S/C31H45N7O/c1-5-38(24-15-17-31(33,18-16-24)23-11-7-6-8-12-23)20-19-37(4)21-27-34-26-14-10-9-13-25(26)30(35-27)36-28(22(2)3)29(32)39/h6-14,22,24,28H,5,15-21,33H2,1-4H3,(H2,32,39)(H,34,35,36)/t24?,28-,31?/m0/s1. The molecule has 1 aliphatic carbocycles. The van der Waals surface area contributed by atoms with Crippen LogP contribution in [-0.4, -0.2) is 64.4 Å². The van der Waals surface area contributed by atoms with Gasteiger partial charge in [0.1, 0.15) is 17.7 Å². The Hall–Kier alpha value is -3.07. The number of para-hydroxylation sites is 1. The number of hydrogen-bond acceptors (Lipinski definition) is 7. The van der Waals surface area contributed by atoms with Crippen molar-refractivity contribution < 1.29 is 4.79 Å². The Balaban J connectivity index is 1.38. The molecule has 0 aliphatic heterocycles. The molecule has 39 heavy (non-hydrogen) atoms. The van der Waals surface area contributed by atoms with Gasteiger partial charge in [0.05, 0.1) is 12.1 Å². The van der Waals surface area contributed by atoms with Crippen molar-refractivity contribution in [1.29, 1.82) is 0 Å². The summed E-state index contributed by atoms with van der Waals surface area (Å²) in [6.07, 6.45) is 4.25. The maximum atomic E-state index is 12.1. The van der Waals surface area contributed by atoms with Crippen LogP contribution in [0.5, 0.6) is 0 Å². The first-order chi connectivity index (χ1) is 18.7. The van der Waals surface area contributed by atoms with Crippen LogP contribution in [0.4, 0.5) is 5.82 Å². The van der Waals surface area contributed by atoms with Crippen molar-refractivity contribution >= 4 is 22.6 Å². The van der Waals surface area contributed by atoms with Gasteiger partial charge < -0.3 is 16.8 Å². The van der Waals surface area contributed by atoms with Crippen molar-refractivity contribution in [1.82, 2.24) is 19.8 Å². The van der Waals surface area contributed by atoms with Gasteiger partial charge in [-0.25, -0.2) is 9.97 Å². The van der Waals surface area contributed by atoms with Crippen molar-refractivity contribution in [3.8, 4) is 0 Å². The number of carbonyl (C=O) groups is 1. The monoisotopic (exact) mass is 531 g/mol. The summed E-state index contributed by atoms with van der Waals surface area (Å²) in [5.74, 6) is 1.04. The van der Waals surface area contributed by atoms with E-state index in [1.807, 2.05) is 38.1 Å². The van der Waals surface area contributed by atoms with Gasteiger partial charge in [-0.05, 0) is 62.9 Å². The number of benzene rings is 2. The zero-order valence-electron chi connectivity index (χ0n) is 23.9. The molecule has 8 nitrogen and oxygen atoms in total. The third-order valence-corrected chi connectivity index (χ3v) is 8.21. The summed E-state index contributed by atoms with van der Waals surface area (Å²) < 4.78 is 0. The molecule has 0 bridgehead atoms. The second kappa shape index (κ2) is 12.9. The highest BCUT2D eigenvalue weighted by Gasteiger charge is 2.34. The molecule has 0 spiro atoms. The Morgan fingerprint density at radius 1 is 1.05 bits per heavy atom. The number of primary amides is 1. The number of aromatic nitrogens is 2. The molecule has 1 saturated carbocycles. The van der Waals surface area contributed by atoms with Gasteiger partial charge in [-0.1, -0.05) is 63.2 Å². The maximum Gasteiger partial charge on any atom is 0.240 e. The smallest absolute Gasteiger partial charge is 0.240 e. The molecule has 8 heteroatoms. The van der Waals surface area contributed by atoms with Crippen LogP contribution >= 0.6 is 0 Å². The number of amides is 1. The number of rotatable bonds is 12. The van der Waals surface area contributed by atoms with Gasteiger partial charge >= 0.3 is 0 Å². The van der Waals surface area contributed by atoms with Gasteiger partial charge in [-0.2, -0.15) is 0 Å². The molecule has 1 amide bonds. The van der Waals surface area contributed by atoms with Crippen molar-refractivity contribution in [3.63, 3.8) is 0 Å². The quantitative estimate of drug-likeness (QED) is 0.322. The van der Waals surface area contributed by atoms with Crippen LogP contribution in [0.1, 0.15) is 57.8 Å². The Bertz CT molecular complexity index is 1220. The fourth-order valence-corrected chi connectivity index (χ4v) is 5.78. The molecule has 3 aromatic rings. The minimum Gasteiger partial charge on any atom is -0.368 e. The summed E-state index contributed by atoms with van der Waals surface area (Å²) in [4.78, 5) is 26.6. The van der Waals surface area contributed by atoms with Crippen molar-refractivity contribution in [3.05, 3.63) is 66.0 Å². The zero-order valence-corrected chi connectivity index (χ0v) is 23.9. The molecule has 1 fully saturated rings. The molecule has 1 heterocycles. The lowest BCUT2D eigenvalue weighted by Gasteiger charge is -2.42. The third-order valence-electron chi connectivity index (χ3n) is 8.21. The number of nitrogens with two attached hydrogens (primary N) is 2. The van der Waals surface area contributed by atoms with E-state index >= 15 is 0 Å². The first kappa shape index (κ1) is 28.9. The molecule has 1 atom stereocenters. The summed E-state index contributed by atoms with van der Waals surface area (Å²) in [5.41, 5.74) is 14.4. The Labute approximate surface area is 233 Å². The number of anilines is 1. The number of carbonyl (C=O) groups excluding carboxylic acids is 1. The van der Waals surface area contributed by atoms with E-state index in [-0.39, 0.29) is 17.4 Å². The lowest BCUT2D eigenvalue weighted by atomic mass is 9.75. The summed E-state index contributed by atoms with van der Waals surface area (Å²) >= 11 is 0. The van der Waals surface area contributed by atoms with Crippen LogP contribution in [0.2, 0.25) is 0 Å². The van der Waals surface area contributed by atoms with Gasteiger partial charge in [-0.15, -0.1) is 0 Å². The number of hydrogen-bond donors (Lipinski definition) is 3. The van der Waals surface area contributed by atoms with Crippen molar-refractivity contribution in [2.24, 2.45) is 17.4 Å². The average Bonchev–Trinajstić information content (AvgIpc) is 2.93. The van der Waals surface area contributed by atoms with E-state index < -0.39 is 6.04 Å². The van der Waals surface area contributed by atoms with Crippen LogP contribution in [0, 0.1) is 5.92 Å². The number of nitrogens with zero attached hydrogens (tertiary/aromatic N) is 4. The zero-order chi connectivity index (χ0) is 28.0. The molecule has 4 rings (SSSR count). The van der Waals surface area contributed by atoms with Crippen molar-refractivity contribution in [2.45, 2.75) is 70.6 Å². The Morgan fingerprint density at radius 2 is 1.72 bits per heavy atom. The predicted octanol–water partition coefficient (Wildman–Crippen LogP) is 4.10. The highest BCUT2D eigenvalue weighted by Crippen LogP contribution is 2.36. The van der Waals surface area contributed by atoms with Crippen LogP contribution in [0.25, 0.3) is 10.9 Å². The molecular formula is C31H45N7O.